The van der Waals surface area contributed by atoms with Crippen LogP contribution in [0.1, 0.15) is 16.2 Å². The smallest absolute Gasteiger partial charge is 0.274 e. The van der Waals surface area contributed by atoms with Crippen molar-refractivity contribution < 1.29 is 9.21 Å². The zero-order chi connectivity index (χ0) is 20.5. The fourth-order valence-corrected chi connectivity index (χ4v) is 3.79. The Morgan fingerprint density at radius 1 is 1.13 bits per heavy atom. The lowest BCUT2D eigenvalue weighted by Gasteiger charge is -2.05. The van der Waals surface area contributed by atoms with Crippen molar-refractivity contribution in [2.45, 2.75) is 6.92 Å². The summed E-state index contributed by atoms with van der Waals surface area (Å²) in [5.74, 6) is 0.889. The number of nitrogens with one attached hydrogen (secondary N) is 2. The number of hydrogen-bond acceptors (Lipinski definition) is 6. The number of aromatic nitrogens is 5. The van der Waals surface area contributed by atoms with Crippen LogP contribution in [0.25, 0.3) is 27.8 Å². The molecule has 0 aliphatic rings. The van der Waals surface area contributed by atoms with E-state index in [4.69, 9.17) is 4.42 Å². The fourth-order valence-electron chi connectivity index (χ4n) is 3.01. The minimum absolute atomic E-state index is 0.311. The highest BCUT2D eigenvalue weighted by molar-refractivity contribution is 7.12. The first kappa shape index (κ1) is 18.1. The molecule has 0 radical (unpaired) electrons. The number of furan rings is 1. The first-order chi connectivity index (χ1) is 14.7. The largest absolute Gasteiger partial charge is 0.463 e. The van der Waals surface area contributed by atoms with E-state index < -0.39 is 0 Å². The maximum Gasteiger partial charge on any atom is 0.274 e. The zero-order valence-electron chi connectivity index (χ0n) is 15.9. The summed E-state index contributed by atoms with van der Waals surface area (Å²) in [7, 11) is 0. The number of benzene rings is 1. The van der Waals surface area contributed by atoms with Crippen molar-refractivity contribution in [2.24, 2.45) is 0 Å². The predicted octanol–water partition coefficient (Wildman–Crippen LogP) is 4.54. The molecule has 148 valence electrons. The first-order valence-corrected chi connectivity index (χ1v) is 10.0. The van der Waals surface area contributed by atoms with Gasteiger partial charge in [-0.05, 0) is 25.1 Å². The number of hydrogen-bond donors (Lipinski definition) is 2. The number of carbonyl (C=O) groups is 1. The van der Waals surface area contributed by atoms with Crippen LogP contribution in [-0.4, -0.2) is 30.9 Å². The Morgan fingerprint density at radius 3 is 2.80 bits per heavy atom. The van der Waals surface area contributed by atoms with Crippen molar-refractivity contribution in [2.75, 3.05) is 5.32 Å². The van der Waals surface area contributed by atoms with Crippen LogP contribution >= 0.6 is 11.3 Å². The van der Waals surface area contributed by atoms with Crippen LogP contribution in [-0.2, 0) is 0 Å². The van der Waals surface area contributed by atoms with Crippen LogP contribution in [0.5, 0.6) is 0 Å². The molecular formula is C21H16N6O2S. The number of amides is 1. The topological polar surface area (TPSA) is 102 Å². The van der Waals surface area contributed by atoms with E-state index in [2.05, 4.69) is 25.6 Å². The third kappa shape index (κ3) is 3.42. The number of carbonyl (C=O) groups excluding carboxylic acids is 1. The fraction of sp³-hybridized carbons (Fsp3) is 0.0476. The molecule has 5 rings (SSSR count). The Bertz CT molecular complexity index is 1300. The second kappa shape index (κ2) is 7.45. The number of H-pyrrole nitrogens is 1. The van der Waals surface area contributed by atoms with Crippen molar-refractivity contribution in [3.05, 3.63) is 77.6 Å². The Labute approximate surface area is 175 Å². The van der Waals surface area contributed by atoms with Gasteiger partial charge in [0.25, 0.3) is 5.91 Å². The van der Waals surface area contributed by atoms with E-state index in [9.17, 15) is 4.79 Å². The molecule has 2 N–H and O–H groups in total. The maximum atomic E-state index is 12.8. The molecular weight excluding hydrogens is 400 g/mol. The molecule has 0 aliphatic heterocycles. The summed E-state index contributed by atoms with van der Waals surface area (Å²) in [5.41, 5.74) is 3.46. The van der Waals surface area contributed by atoms with Crippen molar-refractivity contribution in [3.8, 4) is 27.8 Å². The van der Waals surface area contributed by atoms with Gasteiger partial charge in [0, 0.05) is 17.0 Å². The van der Waals surface area contributed by atoms with Crippen molar-refractivity contribution >= 4 is 23.1 Å². The van der Waals surface area contributed by atoms with Crippen molar-refractivity contribution in [1.29, 1.82) is 0 Å². The van der Waals surface area contributed by atoms with Gasteiger partial charge in [-0.3, -0.25) is 9.89 Å². The minimum Gasteiger partial charge on any atom is -0.463 e. The predicted molar refractivity (Wildman–Crippen MR) is 114 cm³/mol. The van der Waals surface area contributed by atoms with Crippen LogP contribution in [0.4, 0.5) is 5.82 Å². The van der Waals surface area contributed by atoms with Crippen LogP contribution < -0.4 is 5.32 Å². The average Bonchev–Trinajstić information content (AvgIpc) is 3.54. The van der Waals surface area contributed by atoms with Gasteiger partial charge in [0.2, 0.25) is 5.13 Å². The second-order valence-electron chi connectivity index (χ2n) is 6.56. The SMILES string of the molecule is Cc1cc(NC(=O)c2cc(-c3ccccc3)n[nH]2)n(-c2nc(-c3ccco3)cs2)n1. The van der Waals surface area contributed by atoms with Gasteiger partial charge in [-0.2, -0.15) is 14.9 Å². The van der Waals surface area contributed by atoms with Gasteiger partial charge in [0.15, 0.2) is 5.76 Å². The molecule has 0 aliphatic carbocycles. The number of aryl methyl sites for hydroxylation is 1. The van der Waals surface area contributed by atoms with E-state index in [1.165, 1.54) is 11.3 Å². The van der Waals surface area contributed by atoms with E-state index >= 15 is 0 Å². The monoisotopic (exact) mass is 416 g/mol. The third-order valence-corrected chi connectivity index (χ3v) is 5.23. The molecule has 8 nitrogen and oxygen atoms in total. The molecule has 1 amide bonds. The number of rotatable bonds is 5. The van der Waals surface area contributed by atoms with Crippen LogP contribution in [0.3, 0.4) is 0 Å². The third-order valence-electron chi connectivity index (χ3n) is 4.41. The van der Waals surface area contributed by atoms with Crippen LogP contribution in [0.2, 0.25) is 0 Å². The quantitative estimate of drug-likeness (QED) is 0.438. The highest BCUT2D eigenvalue weighted by Gasteiger charge is 2.17. The Hall–Kier alpha value is -3.98. The molecule has 5 aromatic rings. The summed E-state index contributed by atoms with van der Waals surface area (Å²) in [6, 6.07) is 16.8. The Kier molecular flexibility index (Phi) is 4.49. The summed E-state index contributed by atoms with van der Waals surface area (Å²) >= 11 is 1.41. The van der Waals surface area contributed by atoms with E-state index in [0.717, 1.165) is 11.3 Å². The lowest BCUT2D eigenvalue weighted by atomic mass is 10.1. The molecule has 0 saturated heterocycles. The molecule has 0 bridgehead atoms. The molecule has 1 aromatic carbocycles. The molecule has 4 heterocycles. The first-order valence-electron chi connectivity index (χ1n) is 9.16. The minimum atomic E-state index is -0.311. The summed E-state index contributed by atoms with van der Waals surface area (Å²) in [4.78, 5) is 17.4. The number of anilines is 1. The highest BCUT2D eigenvalue weighted by Crippen LogP contribution is 2.27. The molecule has 0 spiro atoms. The lowest BCUT2D eigenvalue weighted by molar-refractivity contribution is 0.102. The van der Waals surface area contributed by atoms with Gasteiger partial charge in [0.05, 0.1) is 17.7 Å². The maximum absolute atomic E-state index is 12.8. The van der Waals surface area contributed by atoms with Crippen LogP contribution in [0, 0.1) is 6.92 Å². The molecule has 9 heteroatoms. The Balaban J connectivity index is 1.40. The van der Waals surface area contributed by atoms with Gasteiger partial charge in [0.1, 0.15) is 17.2 Å². The molecule has 0 unspecified atom stereocenters. The molecule has 0 saturated carbocycles. The Morgan fingerprint density at radius 2 is 2.00 bits per heavy atom. The van der Waals surface area contributed by atoms with Gasteiger partial charge in [-0.15, -0.1) is 11.3 Å². The molecule has 0 atom stereocenters. The summed E-state index contributed by atoms with van der Waals surface area (Å²) in [6.45, 7) is 1.86. The van der Waals surface area contributed by atoms with Crippen molar-refractivity contribution in [1.82, 2.24) is 25.0 Å². The van der Waals surface area contributed by atoms with E-state index in [1.807, 2.05) is 54.8 Å². The number of nitrogens with zero attached hydrogens (tertiary/aromatic N) is 4. The zero-order valence-corrected chi connectivity index (χ0v) is 16.7. The lowest BCUT2D eigenvalue weighted by Crippen LogP contribution is -2.15. The van der Waals surface area contributed by atoms with Gasteiger partial charge < -0.3 is 9.73 Å². The summed E-state index contributed by atoms with van der Waals surface area (Å²) in [6.07, 6.45) is 1.60. The van der Waals surface area contributed by atoms with E-state index in [0.29, 0.717) is 33.8 Å². The van der Waals surface area contributed by atoms with Crippen LogP contribution in [0.15, 0.2) is 70.7 Å². The van der Waals surface area contributed by atoms with Crippen molar-refractivity contribution in [3.63, 3.8) is 0 Å². The highest BCUT2D eigenvalue weighted by atomic mass is 32.1. The summed E-state index contributed by atoms with van der Waals surface area (Å²) in [5, 5.41) is 16.9. The molecule has 4 aromatic heterocycles. The van der Waals surface area contributed by atoms with E-state index in [-0.39, 0.29) is 5.91 Å². The summed E-state index contributed by atoms with van der Waals surface area (Å²) < 4.78 is 7.01. The van der Waals surface area contributed by atoms with Gasteiger partial charge >= 0.3 is 0 Å². The van der Waals surface area contributed by atoms with Gasteiger partial charge in [-0.25, -0.2) is 4.98 Å². The van der Waals surface area contributed by atoms with E-state index in [1.54, 1.807) is 23.1 Å². The molecule has 30 heavy (non-hydrogen) atoms. The van der Waals surface area contributed by atoms with Gasteiger partial charge in [-0.1, -0.05) is 30.3 Å². The number of thiazole rings is 1. The number of aromatic amines is 1. The second-order valence-corrected chi connectivity index (χ2v) is 7.40. The molecule has 0 fully saturated rings. The average molecular weight is 416 g/mol. The standard InChI is InChI=1S/C21H16N6O2S/c1-13-10-19(27(26-13)21-22-17(12-30-21)18-8-5-9-29-18)23-20(28)16-11-15(24-25-16)14-6-3-2-4-7-14/h2-12H,1H3,(H,23,28)(H,24,25). The normalized spacial score (nSPS) is 11.0.